The Kier molecular flexibility index (Phi) is 6.31. The molecule has 1 amide bonds. The molecule has 0 atom stereocenters. The molecular weight excluding hydrogens is 452 g/mol. The lowest BCUT2D eigenvalue weighted by Gasteiger charge is -2.26. The first-order valence-corrected chi connectivity index (χ1v) is 13.3. The summed E-state index contributed by atoms with van der Waals surface area (Å²) in [6, 6.07) is 9.95. The van der Waals surface area contributed by atoms with Gasteiger partial charge < -0.3 is 9.32 Å². The van der Waals surface area contributed by atoms with Crippen LogP contribution in [0.15, 0.2) is 52.0 Å². The van der Waals surface area contributed by atoms with Crippen LogP contribution in [0.2, 0.25) is 0 Å². The van der Waals surface area contributed by atoms with Crippen LogP contribution in [-0.4, -0.2) is 46.4 Å². The Morgan fingerprint density at radius 3 is 2.50 bits per heavy atom. The molecule has 0 unspecified atom stereocenters. The summed E-state index contributed by atoms with van der Waals surface area (Å²) in [4.78, 5) is 15.5. The molecule has 1 aliphatic carbocycles. The van der Waals surface area contributed by atoms with E-state index in [1.54, 1.807) is 41.5 Å². The van der Waals surface area contributed by atoms with Crippen LogP contribution in [0, 0.1) is 0 Å². The fourth-order valence-electron chi connectivity index (χ4n) is 5.00. The van der Waals surface area contributed by atoms with Crippen LogP contribution in [0.25, 0.3) is 0 Å². The van der Waals surface area contributed by atoms with Crippen molar-refractivity contribution < 1.29 is 17.6 Å². The first-order valence-electron chi connectivity index (χ1n) is 11.9. The molecule has 0 bridgehead atoms. The number of furan rings is 1. The van der Waals surface area contributed by atoms with Crippen LogP contribution in [0.5, 0.6) is 0 Å². The van der Waals surface area contributed by atoms with Gasteiger partial charge in [0.25, 0.3) is 5.91 Å². The van der Waals surface area contributed by atoms with Gasteiger partial charge in [0.2, 0.25) is 10.0 Å². The molecular formula is C25H30N4O4S. The van der Waals surface area contributed by atoms with Crippen molar-refractivity contribution in [3.63, 3.8) is 0 Å². The van der Waals surface area contributed by atoms with Gasteiger partial charge in [-0.2, -0.15) is 9.40 Å². The summed E-state index contributed by atoms with van der Waals surface area (Å²) < 4.78 is 34.9. The number of amides is 1. The predicted octanol–water partition coefficient (Wildman–Crippen LogP) is 3.52. The Bertz CT molecular complexity index is 1260. The van der Waals surface area contributed by atoms with Gasteiger partial charge in [0.1, 0.15) is 5.76 Å². The summed E-state index contributed by atoms with van der Waals surface area (Å²) in [5.41, 5.74) is 3.84. The maximum absolute atomic E-state index is 13.5. The predicted molar refractivity (Wildman–Crippen MR) is 127 cm³/mol. The van der Waals surface area contributed by atoms with Crippen LogP contribution < -0.4 is 0 Å². The quantitative estimate of drug-likeness (QED) is 0.514. The molecule has 180 valence electrons. The Hall–Kier alpha value is -2.91. The van der Waals surface area contributed by atoms with Crippen molar-refractivity contribution in [2.45, 2.75) is 56.5 Å². The smallest absolute Gasteiger partial charge is 0.254 e. The number of sulfonamides is 1. The van der Waals surface area contributed by atoms with Gasteiger partial charge in [0.15, 0.2) is 0 Å². The zero-order valence-electron chi connectivity index (χ0n) is 19.4. The number of piperidine rings is 1. The highest BCUT2D eigenvalue weighted by Crippen LogP contribution is 2.27. The number of carbonyl (C=O) groups is 1. The van der Waals surface area contributed by atoms with Gasteiger partial charge in [0, 0.05) is 31.4 Å². The SMILES string of the molecule is Cn1nc(CN(Cc2ccco2)C(=O)c2ccc(S(=O)(=O)N3CCCCC3)cc2)c2c1CCC2. The standard InChI is InChI=1S/C25H30N4O4S/c1-27-24-9-5-8-22(24)23(26-27)18-28(17-20-7-6-16-33-20)25(30)19-10-12-21(13-11-19)34(31,32)29-14-3-2-4-15-29/h6-7,10-13,16H,2-5,8-9,14-15,17-18H2,1H3. The minimum absolute atomic E-state index is 0.185. The van der Waals surface area contributed by atoms with Crippen molar-refractivity contribution in [1.82, 2.24) is 19.0 Å². The van der Waals surface area contributed by atoms with Crippen LogP contribution in [0.1, 0.15) is 58.8 Å². The summed E-state index contributed by atoms with van der Waals surface area (Å²) >= 11 is 0. The molecule has 1 aromatic carbocycles. The second-order valence-corrected chi connectivity index (χ2v) is 11.0. The van der Waals surface area contributed by atoms with E-state index in [9.17, 15) is 13.2 Å². The summed E-state index contributed by atoms with van der Waals surface area (Å²) in [5.74, 6) is 0.501. The highest BCUT2D eigenvalue weighted by Gasteiger charge is 2.28. The van der Waals surface area contributed by atoms with E-state index in [4.69, 9.17) is 4.42 Å². The lowest BCUT2D eigenvalue weighted by molar-refractivity contribution is 0.0714. The van der Waals surface area contributed by atoms with E-state index < -0.39 is 10.0 Å². The van der Waals surface area contributed by atoms with Crippen LogP contribution >= 0.6 is 0 Å². The van der Waals surface area contributed by atoms with Crippen LogP contribution in [-0.2, 0) is 43.0 Å². The van der Waals surface area contributed by atoms with Crippen molar-refractivity contribution >= 4 is 15.9 Å². The third-order valence-corrected chi connectivity index (χ3v) is 8.72. The molecule has 3 heterocycles. The van der Waals surface area contributed by atoms with Gasteiger partial charge in [-0.25, -0.2) is 8.42 Å². The van der Waals surface area contributed by atoms with Crippen molar-refractivity contribution in [3.8, 4) is 0 Å². The number of aromatic nitrogens is 2. The average molecular weight is 483 g/mol. The van der Waals surface area contributed by atoms with Gasteiger partial charge in [0.05, 0.1) is 29.9 Å². The monoisotopic (exact) mass is 482 g/mol. The second kappa shape index (κ2) is 9.38. The first kappa shape index (κ1) is 22.9. The highest BCUT2D eigenvalue weighted by molar-refractivity contribution is 7.89. The van der Waals surface area contributed by atoms with E-state index in [2.05, 4.69) is 5.10 Å². The van der Waals surface area contributed by atoms with E-state index in [1.807, 2.05) is 17.8 Å². The van der Waals surface area contributed by atoms with Gasteiger partial charge in [-0.3, -0.25) is 9.48 Å². The van der Waals surface area contributed by atoms with E-state index in [0.717, 1.165) is 44.2 Å². The van der Waals surface area contributed by atoms with Gasteiger partial charge in [-0.05, 0) is 74.1 Å². The molecule has 0 spiro atoms. The summed E-state index contributed by atoms with van der Waals surface area (Å²) in [6.07, 6.45) is 7.51. The molecule has 2 aliphatic rings. The maximum Gasteiger partial charge on any atom is 0.254 e. The summed E-state index contributed by atoms with van der Waals surface area (Å²) in [6.45, 7) is 1.78. The third kappa shape index (κ3) is 4.42. The van der Waals surface area contributed by atoms with Crippen LogP contribution in [0.4, 0.5) is 0 Å². The molecule has 0 N–H and O–H groups in total. The maximum atomic E-state index is 13.5. The largest absolute Gasteiger partial charge is 0.467 e. The third-order valence-electron chi connectivity index (χ3n) is 6.81. The Balaban J connectivity index is 1.39. The molecule has 9 heteroatoms. The highest BCUT2D eigenvalue weighted by atomic mass is 32.2. The van der Waals surface area contributed by atoms with Crippen molar-refractivity contribution in [2.24, 2.45) is 7.05 Å². The van der Waals surface area contributed by atoms with Crippen LogP contribution in [0.3, 0.4) is 0 Å². The molecule has 2 aromatic heterocycles. The van der Waals surface area contributed by atoms with Crippen molar-refractivity contribution in [1.29, 1.82) is 0 Å². The number of carbonyl (C=O) groups excluding carboxylic acids is 1. The number of hydrogen-bond donors (Lipinski definition) is 0. The Labute approximate surface area is 200 Å². The molecule has 1 aliphatic heterocycles. The van der Waals surface area contributed by atoms with E-state index in [-0.39, 0.29) is 10.8 Å². The number of rotatable bonds is 7. The average Bonchev–Trinajstić information content (AvgIpc) is 3.60. The number of nitrogens with zero attached hydrogens (tertiary/aromatic N) is 4. The zero-order chi connectivity index (χ0) is 23.7. The number of hydrogen-bond acceptors (Lipinski definition) is 5. The van der Waals surface area contributed by atoms with Gasteiger partial charge >= 0.3 is 0 Å². The topological polar surface area (TPSA) is 88.6 Å². The Morgan fingerprint density at radius 2 is 1.79 bits per heavy atom. The lowest BCUT2D eigenvalue weighted by atomic mass is 10.1. The normalized spacial score (nSPS) is 16.5. The van der Waals surface area contributed by atoms with Crippen molar-refractivity contribution in [3.05, 3.63) is 70.9 Å². The summed E-state index contributed by atoms with van der Waals surface area (Å²) in [7, 11) is -1.59. The number of benzene rings is 1. The van der Waals surface area contributed by atoms with E-state index >= 15 is 0 Å². The van der Waals surface area contributed by atoms with E-state index in [1.165, 1.54) is 15.6 Å². The zero-order valence-corrected chi connectivity index (χ0v) is 20.3. The lowest BCUT2D eigenvalue weighted by Crippen LogP contribution is -2.35. The molecule has 1 fully saturated rings. The number of aryl methyl sites for hydroxylation is 1. The molecule has 5 rings (SSSR count). The molecule has 1 saturated heterocycles. The Morgan fingerprint density at radius 1 is 1.03 bits per heavy atom. The van der Waals surface area contributed by atoms with Crippen molar-refractivity contribution in [2.75, 3.05) is 13.1 Å². The van der Waals surface area contributed by atoms with Gasteiger partial charge in [-0.1, -0.05) is 6.42 Å². The van der Waals surface area contributed by atoms with Gasteiger partial charge in [-0.15, -0.1) is 0 Å². The minimum atomic E-state index is -3.54. The molecule has 0 radical (unpaired) electrons. The fraction of sp³-hybridized carbons (Fsp3) is 0.440. The molecule has 0 saturated carbocycles. The second-order valence-electron chi connectivity index (χ2n) is 9.08. The molecule has 3 aromatic rings. The minimum Gasteiger partial charge on any atom is -0.467 e. The molecule has 34 heavy (non-hydrogen) atoms. The summed E-state index contributed by atoms with van der Waals surface area (Å²) in [5, 5.41) is 4.68. The number of fused-ring (bicyclic) bond motifs is 1. The first-order chi connectivity index (χ1) is 16.4. The van der Waals surface area contributed by atoms with E-state index in [0.29, 0.717) is 37.5 Å². The fourth-order valence-corrected chi connectivity index (χ4v) is 6.52. The molecule has 8 nitrogen and oxygen atoms in total.